The standard InChI is InChI=1S/C25H23ClN2O7S/c1-16-2-8-20(9-3-16)28-25(32)35-15-14-22(24(30)31)36(33,34)21-12-4-17(5-13-21)23(29)27-19-10-6-18(26)7-11-19/h2-13,22H,14-15H2,1H3,(H,27,29)(H,28,32)(H,30,31). The van der Waals surface area contributed by atoms with Crippen LogP contribution in [0, 0.1) is 6.92 Å². The van der Waals surface area contributed by atoms with E-state index in [1.807, 2.05) is 6.92 Å². The van der Waals surface area contributed by atoms with E-state index in [2.05, 4.69) is 10.6 Å². The molecule has 3 aromatic rings. The van der Waals surface area contributed by atoms with E-state index < -0.39 is 46.1 Å². The second-order valence-corrected chi connectivity index (χ2v) is 10.3. The van der Waals surface area contributed by atoms with Crippen molar-refractivity contribution in [3.8, 4) is 0 Å². The minimum Gasteiger partial charge on any atom is -0.480 e. The molecule has 0 spiro atoms. The van der Waals surface area contributed by atoms with E-state index >= 15 is 0 Å². The molecule has 0 heterocycles. The monoisotopic (exact) mass is 530 g/mol. The lowest BCUT2D eigenvalue weighted by Gasteiger charge is -2.14. The summed E-state index contributed by atoms with van der Waals surface area (Å²) in [5, 5.41) is 13.3. The quantitative estimate of drug-likeness (QED) is 0.362. The van der Waals surface area contributed by atoms with E-state index in [0.717, 1.165) is 17.7 Å². The number of ether oxygens (including phenoxy) is 1. The lowest BCUT2D eigenvalue weighted by Crippen LogP contribution is -2.32. The van der Waals surface area contributed by atoms with E-state index in [1.165, 1.54) is 12.1 Å². The summed E-state index contributed by atoms with van der Waals surface area (Å²) in [7, 11) is -4.33. The van der Waals surface area contributed by atoms with Crippen LogP contribution in [0.25, 0.3) is 0 Å². The fraction of sp³-hybridized carbons (Fsp3) is 0.160. The van der Waals surface area contributed by atoms with Crippen LogP contribution in [0.4, 0.5) is 16.2 Å². The molecule has 3 rings (SSSR count). The number of aliphatic carboxylic acids is 1. The fourth-order valence-electron chi connectivity index (χ4n) is 3.16. The second-order valence-electron chi connectivity index (χ2n) is 7.77. The molecule has 3 aromatic carbocycles. The first-order valence-electron chi connectivity index (χ1n) is 10.7. The van der Waals surface area contributed by atoms with Crippen LogP contribution in [0.15, 0.2) is 77.7 Å². The fourth-order valence-corrected chi connectivity index (χ4v) is 4.80. The van der Waals surface area contributed by atoms with E-state index in [1.54, 1.807) is 48.5 Å². The van der Waals surface area contributed by atoms with Crippen molar-refractivity contribution >= 4 is 50.8 Å². The van der Waals surface area contributed by atoms with E-state index in [-0.39, 0.29) is 10.5 Å². The lowest BCUT2D eigenvalue weighted by atomic mass is 10.2. The van der Waals surface area contributed by atoms with Crippen LogP contribution in [0.5, 0.6) is 0 Å². The molecule has 0 saturated heterocycles. The molecule has 0 aliphatic heterocycles. The topological polar surface area (TPSA) is 139 Å². The second kappa shape index (κ2) is 11.7. The van der Waals surface area contributed by atoms with Crippen LogP contribution >= 0.6 is 11.6 Å². The summed E-state index contributed by atoms with van der Waals surface area (Å²) in [6.07, 6.45) is -1.30. The highest BCUT2D eigenvalue weighted by Crippen LogP contribution is 2.21. The number of rotatable bonds is 9. The number of sulfone groups is 1. The van der Waals surface area contributed by atoms with Gasteiger partial charge in [0.1, 0.15) is 0 Å². The maximum atomic E-state index is 12.9. The average molecular weight is 531 g/mol. The van der Waals surface area contributed by atoms with Crippen molar-refractivity contribution in [2.24, 2.45) is 0 Å². The number of carbonyl (C=O) groups is 3. The normalized spacial score (nSPS) is 11.8. The summed E-state index contributed by atoms with van der Waals surface area (Å²) in [6, 6.07) is 18.2. The predicted molar refractivity (Wildman–Crippen MR) is 135 cm³/mol. The molecule has 0 aliphatic carbocycles. The van der Waals surface area contributed by atoms with Crippen LogP contribution in [0.1, 0.15) is 22.3 Å². The number of carboxylic acids is 1. The number of aryl methyl sites for hydroxylation is 1. The highest BCUT2D eigenvalue weighted by atomic mass is 35.5. The first-order valence-corrected chi connectivity index (χ1v) is 12.6. The Morgan fingerprint density at radius 2 is 1.44 bits per heavy atom. The number of hydrogen-bond acceptors (Lipinski definition) is 6. The van der Waals surface area contributed by atoms with Crippen LogP contribution < -0.4 is 10.6 Å². The van der Waals surface area contributed by atoms with Gasteiger partial charge < -0.3 is 15.2 Å². The van der Waals surface area contributed by atoms with Gasteiger partial charge in [-0.05, 0) is 67.6 Å². The number of anilines is 2. The molecule has 0 aromatic heterocycles. The van der Waals surface area contributed by atoms with Crippen molar-refractivity contribution < 1.29 is 32.6 Å². The number of benzene rings is 3. The van der Waals surface area contributed by atoms with Gasteiger partial charge in [0, 0.05) is 28.4 Å². The summed E-state index contributed by atoms with van der Waals surface area (Å²) in [6.45, 7) is 1.45. The van der Waals surface area contributed by atoms with Crippen molar-refractivity contribution in [3.63, 3.8) is 0 Å². The van der Waals surface area contributed by atoms with Gasteiger partial charge in [-0.25, -0.2) is 13.2 Å². The summed E-state index contributed by atoms with van der Waals surface area (Å²) in [4.78, 5) is 35.8. The molecule has 0 aliphatic rings. The molecule has 0 saturated carbocycles. The van der Waals surface area contributed by atoms with Gasteiger partial charge in [-0.3, -0.25) is 14.9 Å². The molecule has 3 N–H and O–H groups in total. The highest BCUT2D eigenvalue weighted by Gasteiger charge is 2.34. The van der Waals surface area contributed by atoms with E-state index in [9.17, 15) is 27.9 Å². The van der Waals surface area contributed by atoms with Crippen molar-refractivity contribution in [2.75, 3.05) is 17.2 Å². The van der Waals surface area contributed by atoms with Crippen LogP contribution in [0.3, 0.4) is 0 Å². The Balaban J connectivity index is 1.61. The number of carbonyl (C=O) groups excluding carboxylic acids is 2. The summed E-state index contributed by atoms with van der Waals surface area (Å²) in [5.41, 5.74) is 2.15. The van der Waals surface area contributed by atoms with Gasteiger partial charge in [0.25, 0.3) is 5.91 Å². The van der Waals surface area contributed by atoms with Crippen molar-refractivity contribution in [1.82, 2.24) is 0 Å². The third-order valence-electron chi connectivity index (χ3n) is 5.11. The van der Waals surface area contributed by atoms with Gasteiger partial charge in [-0.1, -0.05) is 29.3 Å². The zero-order valence-electron chi connectivity index (χ0n) is 19.1. The highest BCUT2D eigenvalue weighted by molar-refractivity contribution is 7.92. The molecular weight excluding hydrogens is 508 g/mol. The predicted octanol–water partition coefficient (Wildman–Crippen LogP) is 4.77. The molecule has 11 heteroatoms. The minimum atomic E-state index is -4.33. The number of amides is 2. The Kier molecular flexibility index (Phi) is 8.68. The molecule has 2 amide bonds. The number of nitrogens with one attached hydrogen (secondary N) is 2. The Hall–Kier alpha value is -3.89. The van der Waals surface area contributed by atoms with Gasteiger partial charge in [-0.15, -0.1) is 0 Å². The molecular formula is C25H23ClN2O7S. The molecule has 9 nitrogen and oxygen atoms in total. The third-order valence-corrected chi connectivity index (χ3v) is 7.48. The smallest absolute Gasteiger partial charge is 0.411 e. The maximum absolute atomic E-state index is 12.9. The van der Waals surface area contributed by atoms with Gasteiger partial charge in [0.15, 0.2) is 15.1 Å². The SMILES string of the molecule is Cc1ccc(NC(=O)OCCC(C(=O)O)S(=O)(=O)c2ccc(C(=O)Nc3ccc(Cl)cc3)cc2)cc1. The molecule has 0 radical (unpaired) electrons. The summed E-state index contributed by atoms with van der Waals surface area (Å²) >= 11 is 5.82. The largest absolute Gasteiger partial charge is 0.480 e. The maximum Gasteiger partial charge on any atom is 0.411 e. The Labute approximate surface area is 213 Å². The first-order chi connectivity index (χ1) is 17.1. The number of halogens is 1. The van der Waals surface area contributed by atoms with Crippen molar-refractivity contribution in [2.45, 2.75) is 23.5 Å². The molecule has 1 atom stereocenters. The third kappa shape index (κ3) is 7.06. The summed E-state index contributed by atoms with van der Waals surface area (Å²) in [5.74, 6) is -2.06. The molecule has 0 fully saturated rings. The molecule has 36 heavy (non-hydrogen) atoms. The van der Waals surface area contributed by atoms with Crippen molar-refractivity contribution in [3.05, 3.63) is 88.9 Å². The van der Waals surface area contributed by atoms with Crippen LogP contribution in [-0.2, 0) is 19.4 Å². The molecule has 0 bridgehead atoms. The first kappa shape index (κ1) is 26.7. The van der Waals surface area contributed by atoms with Crippen LogP contribution in [0.2, 0.25) is 5.02 Å². The average Bonchev–Trinajstić information content (AvgIpc) is 2.84. The minimum absolute atomic E-state index is 0.173. The lowest BCUT2D eigenvalue weighted by molar-refractivity contribution is -0.136. The Morgan fingerprint density at radius 1 is 0.889 bits per heavy atom. The van der Waals surface area contributed by atoms with E-state index in [4.69, 9.17) is 16.3 Å². The van der Waals surface area contributed by atoms with Gasteiger partial charge in [-0.2, -0.15) is 0 Å². The Bertz CT molecular complexity index is 1340. The van der Waals surface area contributed by atoms with E-state index in [0.29, 0.717) is 16.4 Å². The van der Waals surface area contributed by atoms with Gasteiger partial charge in [0.05, 0.1) is 11.5 Å². The summed E-state index contributed by atoms with van der Waals surface area (Å²) < 4.78 is 30.8. The zero-order chi connectivity index (χ0) is 26.3. The Morgan fingerprint density at radius 3 is 2.03 bits per heavy atom. The van der Waals surface area contributed by atoms with Crippen LogP contribution in [-0.4, -0.2) is 43.4 Å². The molecule has 1 unspecified atom stereocenters. The number of hydrogen-bond donors (Lipinski definition) is 3. The van der Waals surface area contributed by atoms with Gasteiger partial charge >= 0.3 is 12.1 Å². The zero-order valence-corrected chi connectivity index (χ0v) is 20.7. The number of carboxylic acid groups (broad SMARTS) is 1. The van der Waals surface area contributed by atoms with Gasteiger partial charge in [0.2, 0.25) is 0 Å². The molecule has 188 valence electrons. The van der Waals surface area contributed by atoms with Crippen molar-refractivity contribution in [1.29, 1.82) is 0 Å².